The summed E-state index contributed by atoms with van der Waals surface area (Å²) in [5, 5.41) is 0. The molecule has 116 valence electrons. The van der Waals surface area contributed by atoms with Crippen molar-refractivity contribution in [2.24, 2.45) is 5.92 Å². The van der Waals surface area contributed by atoms with E-state index in [9.17, 15) is 9.59 Å². The Balaban J connectivity index is 2.93. The summed E-state index contributed by atoms with van der Waals surface area (Å²) in [4.78, 5) is 24.3. The van der Waals surface area contributed by atoms with Crippen molar-refractivity contribution in [3.05, 3.63) is 34.3 Å². The summed E-state index contributed by atoms with van der Waals surface area (Å²) in [5.41, 5.74) is 0.865. The molecular weight excluding hydrogens is 336 g/mol. The van der Waals surface area contributed by atoms with Gasteiger partial charge in [0.15, 0.2) is 5.92 Å². The molecule has 0 saturated heterocycles. The standard InChI is InChI=1S/C16H21BrO4/c1-10(2)20-15(18)13(16(19)21-11(3)4)9-12-7-5-6-8-14(12)17/h5-8,10-11,13H,9H2,1-4H3. The summed E-state index contributed by atoms with van der Waals surface area (Å²) in [6, 6.07) is 7.47. The zero-order valence-corrected chi connectivity index (χ0v) is 14.3. The largest absolute Gasteiger partial charge is 0.462 e. The number of hydrogen-bond acceptors (Lipinski definition) is 4. The molecule has 0 aliphatic rings. The predicted octanol–water partition coefficient (Wildman–Crippen LogP) is 3.51. The molecule has 5 heteroatoms. The fraction of sp³-hybridized carbons (Fsp3) is 0.500. The minimum absolute atomic E-state index is 0.249. The first-order valence-corrected chi connectivity index (χ1v) is 7.75. The SMILES string of the molecule is CC(C)OC(=O)C(Cc1ccccc1Br)C(=O)OC(C)C. The topological polar surface area (TPSA) is 52.6 Å². The number of benzene rings is 1. The molecule has 0 aliphatic carbocycles. The van der Waals surface area contributed by atoms with Crippen LogP contribution in [0.4, 0.5) is 0 Å². The van der Waals surface area contributed by atoms with Gasteiger partial charge in [-0.05, 0) is 45.7 Å². The molecule has 0 heterocycles. The molecule has 0 unspecified atom stereocenters. The molecule has 1 rings (SSSR count). The zero-order chi connectivity index (χ0) is 16.0. The molecule has 0 N–H and O–H groups in total. The van der Waals surface area contributed by atoms with E-state index < -0.39 is 17.9 Å². The minimum Gasteiger partial charge on any atom is -0.462 e. The third-order valence-corrected chi connectivity index (χ3v) is 3.43. The smallest absolute Gasteiger partial charge is 0.320 e. The van der Waals surface area contributed by atoms with E-state index in [0.29, 0.717) is 0 Å². The van der Waals surface area contributed by atoms with E-state index in [1.165, 1.54) is 0 Å². The van der Waals surface area contributed by atoms with Gasteiger partial charge in [0, 0.05) is 4.47 Å². The Morgan fingerprint density at radius 3 is 1.90 bits per heavy atom. The van der Waals surface area contributed by atoms with Gasteiger partial charge < -0.3 is 9.47 Å². The first-order valence-electron chi connectivity index (χ1n) is 6.95. The Labute approximate surface area is 133 Å². The molecule has 0 amide bonds. The monoisotopic (exact) mass is 356 g/mol. The molecule has 1 aromatic rings. The second-order valence-electron chi connectivity index (χ2n) is 5.32. The second-order valence-corrected chi connectivity index (χ2v) is 6.17. The fourth-order valence-corrected chi connectivity index (χ4v) is 2.22. The van der Waals surface area contributed by atoms with Crippen molar-refractivity contribution in [3.8, 4) is 0 Å². The lowest BCUT2D eigenvalue weighted by molar-refractivity contribution is -0.166. The molecule has 21 heavy (non-hydrogen) atoms. The normalized spacial score (nSPS) is 11.0. The van der Waals surface area contributed by atoms with Gasteiger partial charge in [0.25, 0.3) is 0 Å². The van der Waals surface area contributed by atoms with Gasteiger partial charge in [-0.3, -0.25) is 9.59 Å². The van der Waals surface area contributed by atoms with E-state index >= 15 is 0 Å². The maximum Gasteiger partial charge on any atom is 0.320 e. The lowest BCUT2D eigenvalue weighted by Gasteiger charge is -2.18. The molecule has 0 bridgehead atoms. The van der Waals surface area contributed by atoms with Crippen LogP contribution in [-0.4, -0.2) is 24.1 Å². The van der Waals surface area contributed by atoms with Crippen molar-refractivity contribution in [3.63, 3.8) is 0 Å². The van der Waals surface area contributed by atoms with Crippen molar-refractivity contribution in [2.75, 3.05) is 0 Å². The Kier molecular flexibility index (Phi) is 6.89. The van der Waals surface area contributed by atoms with Crippen LogP contribution in [-0.2, 0) is 25.5 Å². The van der Waals surface area contributed by atoms with Gasteiger partial charge in [0.2, 0.25) is 0 Å². The molecule has 0 spiro atoms. The summed E-state index contributed by atoms with van der Waals surface area (Å²) in [6.07, 6.45) is -0.296. The van der Waals surface area contributed by atoms with Gasteiger partial charge in [0.05, 0.1) is 12.2 Å². The number of rotatable bonds is 6. The number of carbonyl (C=O) groups is 2. The molecule has 0 fully saturated rings. The Morgan fingerprint density at radius 2 is 1.48 bits per heavy atom. The van der Waals surface area contributed by atoms with Gasteiger partial charge in [-0.15, -0.1) is 0 Å². The quantitative estimate of drug-likeness (QED) is 0.578. The van der Waals surface area contributed by atoms with Crippen molar-refractivity contribution in [2.45, 2.75) is 46.3 Å². The van der Waals surface area contributed by atoms with Crippen LogP contribution in [0.5, 0.6) is 0 Å². The maximum absolute atomic E-state index is 12.2. The van der Waals surface area contributed by atoms with Gasteiger partial charge in [0.1, 0.15) is 0 Å². The van der Waals surface area contributed by atoms with E-state index in [2.05, 4.69) is 15.9 Å². The van der Waals surface area contributed by atoms with Crippen molar-refractivity contribution < 1.29 is 19.1 Å². The van der Waals surface area contributed by atoms with Crippen LogP contribution in [0, 0.1) is 5.92 Å². The summed E-state index contributed by atoms with van der Waals surface area (Å²) < 4.78 is 11.2. The van der Waals surface area contributed by atoms with E-state index in [1.807, 2.05) is 24.3 Å². The van der Waals surface area contributed by atoms with Gasteiger partial charge in [-0.1, -0.05) is 34.1 Å². The molecule has 0 saturated carbocycles. The lowest BCUT2D eigenvalue weighted by Crippen LogP contribution is -2.32. The van der Waals surface area contributed by atoms with Crippen LogP contribution in [0.1, 0.15) is 33.3 Å². The fourth-order valence-electron chi connectivity index (χ4n) is 1.78. The number of halogens is 1. The third-order valence-electron chi connectivity index (χ3n) is 2.65. The van der Waals surface area contributed by atoms with Crippen LogP contribution < -0.4 is 0 Å². The second kappa shape index (κ2) is 8.17. The highest BCUT2D eigenvalue weighted by molar-refractivity contribution is 9.10. The predicted molar refractivity (Wildman–Crippen MR) is 83.8 cm³/mol. The van der Waals surface area contributed by atoms with E-state index in [1.54, 1.807) is 27.7 Å². The Bertz CT molecular complexity index is 475. The van der Waals surface area contributed by atoms with Crippen LogP contribution in [0.3, 0.4) is 0 Å². The maximum atomic E-state index is 12.2. The third kappa shape index (κ3) is 5.87. The van der Waals surface area contributed by atoms with Gasteiger partial charge in [-0.25, -0.2) is 0 Å². The van der Waals surface area contributed by atoms with Crippen LogP contribution >= 0.6 is 15.9 Å². The highest BCUT2D eigenvalue weighted by Crippen LogP contribution is 2.21. The summed E-state index contributed by atoms with van der Waals surface area (Å²) in [6.45, 7) is 7.00. The minimum atomic E-state index is -0.950. The molecule has 0 atom stereocenters. The molecule has 1 aromatic carbocycles. The van der Waals surface area contributed by atoms with E-state index in [0.717, 1.165) is 10.0 Å². The Hall–Kier alpha value is -1.36. The molecule has 0 aromatic heterocycles. The van der Waals surface area contributed by atoms with Crippen LogP contribution in [0.2, 0.25) is 0 Å². The number of hydrogen-bond donors (Lipinski definition) is 0. The summed E-state index contributed by atoms with van der Waals surface area (Å²) in [7, 11) is 0. The molecule has 4 nitrogen and oxygen atoms in total. The van der Waals surface area contributed by atoms with Crippen molar-refractivity contribution >= 4 is 27.9 Å². The van der Waals surface area contributed by atoms with Crippen molar-refractivity contribution in [1.82, 2.24) is 0 Å². The van der Waals surface area contributed by atoms with Gasteiger partial charge >= 0.3 is 11.9 Å². The first-order chi connectivity index (χ1) is 9.81. The summed E-state index contributed by atoms with van der Waals surface area (Å²) in [5.74, 6) is -2.05. The lowest BCUT2D eigenvalue weighted by atomic mass is 9.99. The summed E-state index contributed by atoms with van der Waals surface area (Å²) >= 11 is 3.42. The Morgan fingerprint density at radius 1 is 1.00 bits per heavy atom. The number of carbonyl (C=O) groups excluding carboxylic acids is 2. The number of esters is 2. The van der Waals surface area contributed by atoms with Crippen LogP contribution in [0.25, 0.3) is 0 Å². The zero-order valence-electron chi connectivity index (χ0n) is 12.8. The highest BCUT2D eigenvalue weighted by atomic mass is 79.9. The first kappa shape index (κ1) is 17.7. The van der Waals surface area contributed by atoms with E-state index in [-0.39, 0.29) is 18.6 Å². The van der Waals surface area contributed by atoms with E-state index in [4.69, 9.17) is 9.47 Å². The highest BCUT2D eigenvalue weighted by Gasteiger charge is 2.31. The van der Waals surface area contributed by atoms with Gasteiger partial charge in [-0.2, -0.15) is 0 Å². The van der Waals surface area contributed by atoms with Crippen molar-refractivity contribution in [1.29, 1.82) is 0 Å². The average molecular weight is 357 g/mol. The molecular formula is C16H21BrO4. The molecule has 0 aliphatic heterocycles. The average Bonchev–Trinajstić information content (AvgIpc) is 2.35. The molecule has 0 radical (unpaired) electrons. The number of ether oxygens (including phenoxy) is 2. The van der Waals surface area contributed by atoms with Crippen LogP contribution in [0.15, 0.2) is 28.7 Å².